The molecule has 0 aliphatic carbocycles. The van der Waals surface area contributed by atoms with Gasteiger partial charge in [0.1, 0.15) is 11.7 Å². The highest BCUT2D eigenvalue weighted by Crippen LogP contribution is 2.26. The summed E-state index contributed by atoms with van der Waals surface area (Å²) >= 11 is 1.30. The predicted molar refractivity (Wildman–Crippen MR) is 104 cm³/mol. The first-order valence-corrected chi connectivity index (χ1v) is 8.59. The number of aromatic nitrogens is 4. The Kier molecular flexibility index (Phi) is 6.72. The van der Waals surface area contributed by atoms with Crippen molar-refractivity contribution in [3.8, 4) is 11.3 Å². The number of ether oxygens (including phenoxy) is 1. The van der Waals surface area contributed by atoms with Crippen LogP contribution in [0.4, 0.5) is 5.13 Å². The summed E-state index contributed by atoms with van der Waals surface area (Å²) < 4.78 is 6.31. The first-order chi connectivity index (χ1) is 12.5. The van der Waals surface area contributed by atoms with E-state index in [1.807, 2.05) is 0 Å². The van der Waals surface area contributed by atoms with Crippen LogP contribution in [0.5, 0.6) is 0 Å². The number of esters is 1. The Labute approximate surface area is 165 Å². The van der Waals surface area contributed by atoms with E-state index in [4.69, 9.17) is 0 Å². The summed E-state index contributed by atoms with van der Waals surface area (Å²) in [6, 6.07) is 1.12. The van der Waals surface area contributed by atoms with Gasteiger partial charge in [-0.2, -0.15) is 5.10 Å². The molecule has 3 rings (SSSR count). The number of carbonyl (C=O) groups is 2. The van der Waals surface area contributed by atoms with E-state index in [0.717, 1.165) is 11.1 Å². The fourth-order valence-electron chi connectivity index (χ4n) is 2.45. The van der Waals surface area contributed by atoms with E-state index in [-0.39, 0.29) is 18.3 Å². The number of amides is 1. The zero-order valence-corrected chi connectivity index (χ0v) is 16.5. The average Bonchev–Trinajstić information content (AvgIpc) is 3.35. The van der Waals surface area contributed by atoms with Crippen LogP contribution in [0.2, 0.25) is 0 Å². The maximum atomic E-state index is 12.5. The van der Waals surface area contributed by atoms with Gasteiger partial charge in [-0.1, -0.05) is 0 Å². The van der Waals surface area contributed by atoms with Crippen LogP contribution in [0.3, 0.4) is 0 Å². The first-order valence-electron chi connectivity index (χ1n) is 7.71. The van der Waals surface area contributed by atoms with Gasteiger partial charge in [-0.25, -0.2) is 9.78 Å². The molecule has 144 valence electrons. The lowest BCUT2D eigenvalue weighted by Crippen LogP contribution is -2.30. The Morgan fingerprint density at radius 2 is 2.19 bits per heavy atom. The quantitative estimate of drug-likeness (QED) is 0.535. The number of likely N-dealkylation sites (N-methyl/N-ethyl adjacent to an activating group) is 1. The summed E-state index contributed by atoms with van der Waals surface area (Å²) in [6.07, 6.45) is 5.09. The molecule has 11 heteroatoms. The van der Waals surface area contributed by atoms with Gasteiger partial charge in [-0.15, -0.1) is 23.7 Å². The Hall–Kier alpha value is -2.69. The van der Waals surface area contributed by atoms with Crippen LogP contribution < -0.4 is 10.6 Å². The molecule has 1 unspecified atom stereocenters. The van der Waals surface area contributed by atoms with Crippen LogP contribution in [0.15, 0.2) is 30.0 Å². The van der Waals surface area contributed by atoms with Gasteiger partial charge in [0, 0.05) is 35.9 Å². The SMILES string of the molecule is CNC(C(=O)Nc1nc(-c2c[nH]c(C(=O)OC)c2)cs1)c1cnn(C)c1.Cl. The van der Waals surface area contributed by atoms with Crippen LogP contribution in [0.25, 0.3) is 11.3 Å². The molecule has 9 nitrogen and oxygen atoms in total. The molecule has 0 fully saturated rings. The highest BCUT2D eigenvalue weighted by atomic mass is 35.5. The summed E-state index contributed by atoms with van der Waals surface area (Å²) in [7, 11) is 4.82. The minimum atomic E-state index is -0.533. The molecule has 27 heavy (non-hydrogen) atoms. The zero-order chi connectivity index (χ0) is 18.7. The second kappa shape index (κ2) is 8.80. The molecule has 0 aromatic carbocycles. The molecule has 0 aliphatic rings. The lowest BCUT2D eigenvalue weighted by atomic mass is 10.1. The number of halogens is 1. The summed E-state index contributed by atoms with van der Waals surface area (Å²) in [5.41, 5.74) is 2.49. The third-order valence-electron chi connectivity index (χ3n) is 3.73. The number of anilines is 1. The van der Waals surface area contributed by atoms with E-state index >= 15 is 0 Å². The van der Waals surface area contributed by atoms with Crippen molar-refractivity contribution in [2.24, 2.45) is 7.05 Å². The van der Waals surface area contributed by atoms with Crippen molar-refractivity contribution >= 4 is 40.8 Å². The largest absolute Gasteiger partial charge is 0.464 e. The first kappa shape index (κ1) is 20.6. The van der Waals surface area contributed by atoms with Crippen LogP contribution in [0, 0.1) is 0 Å². The van der Waals surface area contributed by atoms with Crippen molar-refractivity contribution in [3.63, 3.8) is 0 Å². The van der Waals surface area contributed by atoms with E-state index < -0.39 is 12.0 Å². The number of H-pyrrole nitrogens is 1. The minimum absolute atomic E-state index is 0. The van der Waals surface area contributed by atoms with Crippen molar-refractivity contribution in [1.82, 2.24) is 25.1 Å². The number of aromatic amines is 1. The molecule has 0 saturated heterocycles. The molecule has 1 amide bonds. The molecule has 1 atom stereocenters. The van der Waals surface area contributed by atoms with Crippen molar-refractivity contribution in [2.75, 3.05) is 19.5 Å². The van der Waals surface area contributed by atoms with Crippen molar-refractivity contribution in [3.05, 3.63) is 41.3 Å². The Bertz CT molecular complexity index is 934. The smallest absolute Gasteiger partial charge is 0.354 e. The molecule has 0 radical (unpaired) electrons. The number of thiazole rings is 1. The fraction of sp³-hybridized carbons (Fsp3) is 0.250. The standard InChI is InChI=1S/C16H18N6O3S.ClH/c1-17-13(10-6-19-22(2)7-10)14(23)21-16-20-12(8-26-16)9-4-11(18-5-9)15(24)25-3;/h4-8,13,17-18H,1-3H3,(H,20,21,23);1H. The summed E-state index contributed by atoms with van der Waals surface area (Å²) in [4.78, 5) is 31.3. The van der Waals surface area contributed by atoms with Gasteiger partial charge in [-0.3, -0.25) is 9.48 Å². The van der Waals surface area contributed by atoms with Gasteiger partial charge >= 0.3 is 5.97 Å². The third-order valence-corrected chi connectivity index (χ3v) is 4.49. The predicted octanol–water partition coefficient (Wildman–Crippen LogP) is 1.98. The van der Waals surface area contributed by atoms with E-state index in [9.17, 15) is 9.59 Å². The van der Waals surface area contributed by atoms with E-state index in [2.05, 4.69) is 30.4 Å². The Morgan fingerprint density at radius 3 is 2.81 bits per heavy atom. The Balaban J connectivity index is 0.00000261. The number of hydrogen-bond acceptors (Lipinski definition) is 7. The molecule has 0 aliphatic heterocycles. The fourth-order valence-corrected chi connectivity index (χ4v) is 3.17. The number of carbonyl (C=O) groups excluding carboxylic acids is 2. The summed E-state index contributed by atoms with van der Waals surface area (Å²) in [6.45, 7) is 0. The number of nitrogens with one attached hydrogen (secondary N) is 3. The summed E-state index contributed by atoms with van der Waals surface area (Å²) in [5, 5.41) is 12.1. The van der Waals surface area contributed by atoms with Gasteiger partial charge in [0.15, 0.2) is 5.13 Å². The van der Waals surface area contributed by atoms with Gasteiger partial charge in [0.05, 0.1) is 19.0 Å². The number of rotatable bonds is 6. The van der Waals surface area contributed by atoms with E-state index in [1.54, 1.807) is 48.8 Å². The maximum Gasteiger partial charge on any atom is 0.354 e. The topological polar surface area (TPSA) is 114 Å². The number of methoxy groups -OCH3 is 1. The molecular weight excluding hydrogens is 392 g/mol. The number of aryl methyl sites for hydroxylation is 1. The monoisotopic (exact) mass is 410 g/mol. The van der Waals surface area contributed by atoms with Crippen molar-refractivity contribution in [2.45, 2.75) is 6.04 Å². The maximum absolute atomic E-state index is 12.5. The zero-order valence-electron chi connectivity index (χ0n) is 14.8. The highest BCUT2D eigenvalue weighted by molar-refractivity contribution is 7.14. The molecule has 3 aromatic heterocycles. The van der Waals surface area contributed by atoms with Crippen molar-refractivity contribution < 1.29 is 14.3 Å². The molecule has 0 spiro atoms. The summed E-state index contributed by atoms with van der Waals surface area (Å²) in [5.74, 6) is -0.681. The van der Waals surface area contributed by atoms with Crippen LogP contribution in [-0.2, 0) is 16.6 Å². The molecule has 0 saturated carbocycles. The minimum Gasteiger partial charge on any atom is -0.464 e. The third kappa shape index (κ3) is 4.54. The van der Waals surface area contributed by atoms with Crippen molar-refractivity contribution in [1.29, 1.82) is 0 Å². The normalized spacial score (nSPS) is 11.5. The van der Waals surface area contributed by atoms with Gasteiger partial charge in [0.25, 0.3) is 0 Å². The molecule has 3 aromatic rings. The number of nitrogens with zero attached hydrogens (tertiary/aromatic N) is 3. The molecule has 0 bridgehead atoms. The average molecular weight is 411 g/mol. The second-order valence-corrected chi connectivity index (χ2v) is 6.35. The lowest BCUT2D eigenvalue weighted by Gasteiger charge is -2.12. The van der Waals surface area contributed by atoms with Gasteiger partial charge < -0.3 is 20.4 Å². The van der Waals surface area contributed by atoms with Crippen LogP contribution in [0.1, 0.15) is 22.1 Å². The van der Waals surface area contributed by atoms with Crippen LogP contribution in [-0.4, -0.2) is 45.8 Å². The van der Waals surface area contributed by atoms with E-state index in [1.165, 1.54) is 18.4 Å². The molecule has 3 N–H and O–H groups in total. The Morgan fingerprint density at radius 1 is 1.41 bits per heavy atom. The number of hydrogen-bond donors (Lipinski definition) is 3. The van der Waals surface area contributed by atoms with Gasteiger partial charge in [0.2, 0.25) is 5.91 Å². The van der Waals surface area contributed by atoms with Gasteiger partial charge in [-0.05, 0) is 13.1 Å². The highest BCUT2D eigenvalue weighted by Gasteiger charge is 2.21. The molecule has 3 heterocycles. The second-order valence-electron chi connectivity index (χ2n) is 5.49. The lowest BCUT2D eigenvalue weighted by molar-refractivity contribution is -0.118. The van der Waals surface area contributed by atoms with E-state index in [0.29, 0.717) is 16.5 Å². The van der Waals surface area contributed by atoms with Crippen LogP contribution >= 0.6 is 23.7 Å². The molecular formula is C16H19ClN6O3S.